The molecule has 0 aliphatic heterocycles. The summed E-state index contributed by atoms with van der Waals surface area (Å²) >= 11 is 14.3. The number of imidazole rings is 1. The molecule has 19 heavy (non-hydrogen) atoms. The van der Waals surface area contributed by atoms with Crippen LogP contribution in [-0.2, 0) is 6.54 Å². The molecule has 0 atom stereocenters. The van der Waals surface area contributed by atoms with Crippen molar-refractivity contribution in [1.29, 1.82) is 5.26 Å². The van der Waals surface area contributed by atoms with Crippen LogP contribution in [0.3, 0.4) is 0 Å². The molecule has 0 N–H and O–H groups in total. The van der Waals surface area contributed by atoms with Crippen LogP contribution in [-0.4, -0.2) is 9.55 Å². The molecule has 1 aromatic carbocycles. The summed E-state index contributed by atoms with van der Waals surface area (Å²) in [6.45, 7) is 2.77. The number of unbranched alkanes of at least 4 members (excludes halogenated alkanes) is 1. The van der Waals surface area contributed by atoms with Crippen LogP contribution in [0.15, 0.2) is 17.9 Å². The van der Waals surface area contributed by atoms with E-state index in [4.69, 9.17) is 5.26 Å². The van der Waals surface area contributed by atoms with Crippen molar-refractivity contribution in [2.75, 3.05) is 0 Å². The zero-order valence-electron chi connectivity index (χ0n) is 9.97. The summed E-state index contributed by atoms with van der Waals surface area (Å²) in [7, 11) is 0. The Hall–Kier alpha value is 0.1000. The first-order valence-electron chi connectivity index (χ1n) is 5.54. The Morgan fingerprint density at radius 3 is 2.37 bits per heavy atom. The number of rotatable bonds is 3. The third kappa shape index (κ3) is 2.78. The van der Waals surface area contributed by atoms with Crippen molar-refractivity contribution < 1.29 is 0 Å². The Morgan fingerprint density at radius 2 is 1.74 bits per heavy atom. The van der Waals surface area contributed by atoms with E-state index in [1.54, 1.807) is 0 Å². The van der Waals surface area contributed by atoms with Crippen molar-refractivity contribution in [2.45, 2.75) is 26.3 Å². The van der Waals surface area contributed by atoms with Crippen molar-refractivity contribution in [2.24, 2.45) is 0 Å². The standard InChI is InChI=1S/C12H9Br4N3/c1-6-18-11-9(15)7(13)8(14)10(16)12(11)19(6)5-3-2-4-17/h2-3,5H2,1H3. The lowest BCUT2D eigenvalue weighted by Gasteiger charge is -2.09. The molecule has 0 amide bonds. The van der Waals surface area contributed by atoms with Gasteiger partial charge in [0.15, 0.2) is 0 Å². The molecule has 0 fully saturated rings. The number of fused-ring (bicyclic) bond motifs is 1. The first-order valence-corrected chi connectivity index (χ1v) is 8.72. The van der Waals surface area contributed by atoms with E-state index in [1.165, 1.54) is 0 Å². The highest BCUT2D eigenvalue weighted by molar-refractivity contribution is 9.15. The van der Waals surface area contributed by atoms with Crippen LogP contribution >= 0.6 is 63.7 Å². The zero-order chi connectivity index (χ0) is 14.2. The highest BCUT2D eigenvalue weighted by Crippen LogP contribution is 2.43. The number of nitrogens with zero attached hydrogens (tertiary/aromatic N) is 3. The van der Waals surface area contributed by atoms with Crippen molar-refractivity contribution >= 4 is 74.8 Å². The maximum Gasteiger partial charge on any atom is 0.106 e. The molecule has 0 aliphatic carbocycles. The predicted octanol–water partition coefficient (Wildman–Crippen LogP) is 5.70. The van der Waals surface area contributed by atoms with Gasteiger partial charge >= 0.3 is 0 Å². The fourth-order valence-electron chi connectivity index (χ4n) is 1.93. The smallest absolute Gasteiger partial charge is 0.106 e. The molecule has 0 spiro atoms. The molecular weight excluding hydrogens is 506 g/mol. The van der Waals surface area contributed by atoms with Gasteiger partial charge in [0, 0.05) is 21.9 Å². The van der Waals surface area contributed by atoms with Gasteiger partial charge in [0.1, 0.15) is 11.3 Å². The van der Waals surface area contributed by atoms with Crippen molar-refractivity contribution in [3.8, 4) is 6.07 Å². The van der Waals surface area contributed by atoms with Crippen LogP contribution in [0, 0.1) is 18.3 Å². The van der Waals surface area contributed by atoms with Crippen LogP contribution in [0.1, 0.15) is 18.7 Å². The van der Waals surface area contributed by atoms with Crippen molar-refractivity contribution in [3.05, 3.63) is 23.7 Å². The van der Waals surface area contributed by atoms with Crippen LogP contribution < -0.4 is 0 Å². The van der Waals surface area contributed by atoms with E-state index in [0.29, 0.717) is 6.42 Å². The number of aromatic nitrogens is 2. The number of aryl methyl sites for hydroxylation is 2. The summed E-state index contributed by atoms with van der Waals surface area (Å²) in [6.07, 6.45) is 1.37. The predicted molar refractivity (Wildman–Crippen MR) is 90.1 cm³/mol. The average molecular weight is 515 g/mol. The molecule has 0 bridgehead atoms. The summed E-state index contributed by atoms with van der Waals surface area (Å²) in [5.74, 6) is 0.944. The van der Waals surface area contributed by atoms with E-state index in [2.05, 4.69) is 79.3 Å². The highest BCUT2D eigenvalue weighted by Gasteiger charge is 2.19. The molecular formula is C12H9Br4N3. The van der Waals surface area contributed by atoms with Gasteiger partial charge in [0.25, 0.3) is 0 Å². The maximum absolute atomic E-state index is 8.65. The minimum atomic E-state index is 0.551. The molecule has 1 aromatic heterocycles. The third-order valence-corrected chi connectivity index (χ3v) is 7.55. The normalized spacial score (nSPS) is 10.9. The van der Waals surface area contributed by atoms with E-state index >= 15 is 0 Å². The van der Waals surface area contributed by atoms with Gasteiger partial charge < -0.3 is 4.57 Å². The van der Waals surface area contributed by atoms with E-state index in [0.717, 1.165) is 47.7 Å². The molecule has 0 aliphatic rings. The quantitative estimate of drug-likeness (QED) is 0.300. The summed E-state index contributed by atoms with van der Waals surface area (Å²) < 4.78 is 5.93. The second-order valence-corrected chi connectivity index (χ2v) is 7.20. The molecule has 0 radical (unpaired) electrons. The van der Waals surface area contributed by atoms with Gasteiger partial charge in [-0.2, -0.15) is 5.26 Å². The molecule has 2 aromatic rings. The molecule has 3 nitrogen and oxygen atoms in total. The average Bonchev–Trinajstić information content (AvgIpc) is 2.72. The van der Waals surface area contributed by atoms with Gasteiger partial charge in [-0.15, -0.1) is 0 Å². The van der Waals surface area contributed by atoms with E-state index in [9.17, 15) is 0 Å². The van der Waals surface area contributed by atoms with Gasteiger partial charge in [0.05, 0.1) is 20.5 Å². The minimum Gasteiger partial charge on any atom is -0.327 e. The second kappa shape index (κ2) is 6.25. The summed E-state index contributed by atoms with van der Waals surface area (Å²) in [5, 5.41) is 8.65. The Kier molecular flexibility index (Phi) is 5.09. The number of nitriles is 1. The highest BCUT2D eigenvalue weighted by atomic mass is 79.9. The van der Waals surface area contributed by atoms with Gasteiger partial charge in [0.2, 0.25) is 0 Å². The van der Waals surface area contributed by atoms with Crippen molar-refractivity contribution in [3.63, 3.8) is 0 Å². The van der Waals surface area contributed by atoms with Crippen LogP contribution in [0.2, 0.25) is 0 Å². The molecule has 0 saturated carbocycles. The van der Waals surface area contributed by atoms with Gasteiger partial charge in [-0.1, -0.05) is 0 Å². The van der Waals surface area contributed by atoms with Crippen molar-refractivity contribution in [1.82, 2.24) is 9.55 Å². The Morgan fingerprint density at radius 1 is 1.11 bits per heavy atom. The molecule has 0 unspecified atom stereocenters. The Balaban J connectivity index is 2.66. The lowest BCUT2D eigenvalue weighted by atomic mass is 10.3. The topological polar surface area (TPSA) is 41.6 Å². The molecule has 7 heteroatoms. The monoisotopic (exact) mass is 511 g/mol. The summed E-state index contributed by atoms with van der Waals surface area (Å²) in [5.41, 5.74) is 1.95. The Labute approximate surface area is 144 Å². The molecule has 100 valence electrons. The first kappa shape index (κ1) is 15.5. The van der Waals surface area contributed by atoms with E-state index < -0.39 is 0 Å². The SMILES string of the molecule is Cc1nc2c(Br)c(Br)c(Br)c(Br)c2n1CCCC#N. The van der Waals surface area contributed by atoms with Gasteiger partial charge in [-0.05, 0) is 77.1 Å². The molecule has 2 rings (SSSR count). The largest absolute Gasteiger partial charge is 0.327 e. The summed E-state index contributed by atoms with van der Waals surface area (Å²) in [4.78, 5) is 4.61. The van der Waals surface area contributed by atoms with Gasteiger partial charge in [-0.3, -0.25) is 0 Å². The zero-order valence-corrected chi connectivity index (χ0v) is 16.3. The van der Waals surface area contributed by atoms with Gasteiger partial charge in [-0.25, -0.2) is 4.98 Å². The number of benzene rings is 1. The number of hydrogen-bond donors (Lipinski definition) is 0. The maximum atomic E-state index is 8.65. The molecule has 0 saturated heterocycles. The number of halogens is 4. The number of hydrogen-bond acceptors (Lipinski definition) is 2. The lowest BCUT2D eigenvalue weighted by Crippen LogP contribution is -2.01. The van der Waals surface area contributed by atoms with Crippen LogP contribution in [0.25, 0.3) is 11.0 Å². The fraction of sp³-hybridized carbons (Fsp3) is 0.333. The van der Waals surface area contributed by atoms with E-state index in [1.807, 2.05) is 6.92 Å². The fourth-order valence-corrected chi connectivity index (χ4v) is 4.31. The van der Waals surface area contributed by atoms with Crippen LogP contribution in [0.4, 0.5) is 0 Å². The van der Waals surface area contributed by atoms with Crippen LogP contribution in [0.5, 0.6) is 0 Å². The summed E-state index contributed by atoms with van der Waals surface area (Å²) in [6, 6.07) is 2.17. The second-order valence-electron chi connectivity index (χ2n) is 4.03. The first-order chi connectivity index (χ1) is 8.99. The Bertz CT molecular complexity index is 685. The van der Waals surface area contributed by atoms with E-state index in [-0.39, 0.29) is 0 Å². The lowest BCUT2D eigenvalue weighted by molar-refractivity contribution is 0.650. The third-order valence-electron chi connectivity index (χ3n) is 2.82. The molecule has 1 heterocycles. The minimum absolute atomic E-state index is 0.551.